The number of rotatable bonds is 2. The van der Waals surface area contributed by atoms with Crippen molar-refractivity contribution in [2.24, 2.45) is 17.8 Å². The van der Waals surface area contributed by atoms with Gasteiger partial charge in [-0.1, -0.05) is 13.8 Å². The molecule has 0 aromatic heterocycles. The van der Waals surface area contributed by atoms with Crippen LogP contribution in [0.25, 0.3) is 0 Å². The molecule has 1 heterocycles. The Bertz CT molecular complexity index is 223. The van der Waals surface area contributed by atoms with Crippen molar-refractivity contribution in [1.29, 1.82) is 0 Å². The van der Waals surface area contributed by atoms with Crippen molar-refractivity contribution in [3.05, 3.63) is 0 Å². The van der Waals surface area contributed by atoms with Crippen molar-refractivity contribution in [1.82, 2.24) is 10.6 Å². The van der Waals surface area contributed by atoms with Gasteiger partial charge in [0.1, 0.15) is 0 Å². The lowest BCUT2D eigenvalue weighted by Crippen LogP contribution is -2.45. The predicted octanol–water partition coefficient (Wildman–Crippen LogP) is 0.757. The molecule has 0 aromatic carbocycles. The first-order valence-corrected chi connectivity index (χ1v) is 5.68. The van der Waals surface area contributed by atoms with Gasteiger partial charge >= 0.3 is 0 Å². The third-order valence-electron chi connectivity index (χ3n) is 3.59. The molecule has 0 bridgehead atoms. The van der Waals surface area contributed by atoms with Gasteiger partial charge in [-0.3, -0.25) is 4.79 Å². The van der Waals surface area contributed by atoms with E-state index in [0.717, 1.165) is 31.8 Å². The average molecular weight is 196 g/mol. The molecular formula is C11H20N2O. The smallest absolute Gasteiger partial charge is 0.223 e. The molecule has 2 fully saturated rings. The molecule has 1 aliphatic heterocycles. The minimum absolute atomic E-state index is 0.281. The SMILES string of the molecule is CC1CC(C(=O)NC2CNCC2C)C1. The summed E-state index contributed by atoms with van der Waals surface area (Å²) in [4.78, 5) is 11.7. The molecule has 0 spiro atoms. The Labute approximate surface area is 85.6 Å². The fourth-order valence-corrected chi connectivity index (χ4v) is 2.42. The van der Waals surface area contributed by atoms with Crippen LogP contribution in [0.15, 0.2) is 0 Å². The van der Waals surface area contributed by atoms with E-state index >= 15 is 0 Å². The van der Waals surface area contributed by atoms with Crippen molar-refractivity contribution in [2.45, 2.75) is 32.7 Å². The monoisotopic (exact) mass is 196 g/mol. The Balaban J connectivity index is 1.77. The second-order valence-corrected chi connectivity index (χ2v) is 5.02. The molecule has 2 aliphatic rings. The molecule has 2 rings (SSSR count). The molecule has 1 aliphatic carbocycles. The largest absolute Gasteiger partial charge is 0.352 e. The Morgan fingerprint density at radius 3 is 2.50 bits per heavy atom. The summed E-state index contributed by atoms with van der Waals surface area (Å²) in [5.41, 5.74) is 0. The molecule has 14 heavy (non-hydrogen) atoms. The molecule has 0 aromatic rings. The van der Waals surface area contributed by atoms with Crippen LogP contribution >= 0.6 is 0 Å². The van der Waals surface area contributed by atoms with Crippen molar-refractivity contribution in [3.8, 4) is 0 Å². The maximum Gasteiger partial charge on any atom is 0.223 e. The van der Waals surface area contributed by atoms with E-state index < -0.39 is 0 Å². The molecule has 3 nitrogen and oxygen atoms in total. The Hall–Kier alpha value is -0.570. The van der Waals surface area contributed by atoms with Crippen molar-refractivity contribution >= 4 is 5.91 Å². The van der Waals surface area contributed by atoms with E-state index in [1.54, 1.807) is 0 Å². The highest BCUT2D eigenvalue weighted by atomic mass is 16.2. The van der Waals surface area contributed by atoms with E-state index in [-0.39, 0.29) is 5.91 Å². The van der Waals surface area contributed by atoms with Gasteiger partial charge in [-0.15, -0.1) is 0 Å². The molecule has 2 N–H and O–H groups in total. The van der Waals surface area contributed by atoms with Crippen LogP contribution in [0.5, 0.6) is 0 Å². The lowest BCUT2D eigenvalue weighted by atomic mass is 9.75. The minimum Gasteiger partial charge on any atom is -0.352 e. The van der Waals surface area contributed by atoms with Gasteiger partial charge < -0.3 is 10.6 Å². The zero-order valence-electron chi connectivity index (χ0n) is 9.05. The lowest BCUT2D eigenvalue weighted by molar-refractivity contribution is -0.129. The molecule has 3 heteroatoms. The molecule has 1 amide bonds. The van der Waals surface area contributed by atoms with E-state index in [1.165, 1.54) is 0 Å². The van der Waals surface area contributed by atoms with Gasteiger partial charge in [0.05, 0.1) is 0 Å². The first-order valence-electron chi connectivity index (χ1n) is 5.68. The summed E-state index contributed by atoms with van der Waals surface area (Å²) in [6.45, 7) is 6.37. The van der Waals surface area contributed by atoms with Crippen LogP contribution in [-0.4, -0.2) is 25.0 Å². The van der Waals surface area contributed by atoms with Crippen molar-refractivity contribution in [3.63, 3.8) is 0 Å². The van der Waals surface area contributed by atoms with Crippen LogP contribution in [0.3, 0.4) is 0 Å². The highest BCUT2D eigenvalue weighted by Gasteiger charge is 2.34. The zero-order chi connectivity index (χ0) is 10.1. The summed E-state index contributed by atoms with van der Waals surface area (Å²) in [6, 6.07) is 0.360. The highest BCUT2D eigenvalue weighted by molar-refractivity contribution is 5.79. The lowest BCUT2D eigenvalue weighted by Gasteiger charge is -2.32. The van der Waals surface area contributed by atoms with Gasteiger partial charge in [0, 0.05) is 18.5 Å². The second kappa shape index (κ2) is 3.89. The summed E-state index contributed by atoms with van der Waals surface area (Å²) in [6.07, 6.45) is 2.17. The summed E-state index contributed by atoms with van der Waals surface area (Å²) in [5, 5.41) is 6.45. The summed E-state index contributed by atoms with van der Waals surface area (Å²) >= 11 is 0. The maximum absolute atomic E-state index is 11.7. The molecule has 0 radical (unpaired) electrons. The normalized spacial score (nSPS) is 41.9. The topological polar surface area (TPSA) is 41.1 Å². The summed E-state index contributed by atoms with van der Waals surface area (Å²) in [5.74, 6) is 1.92. The molecule has 2 unspecified atom stereocenters. The van der Waals surface area contributed by atoms with E-state index in [1.807, 2.05) is 0 Å². The highest BCUT2D eigenvalue weighted by Crippen LogP contribution is 2.33. The fourth-order valence-electron chi connectivity index (χ4n) is 2.42. The third kappa shape index (κ3) is 1.92. The van der Waals surface area contributed by atoms with Crippen LogP contribution in [0.2, 0.25) is 0 Å². The first kappa shape index (κ1) is 9.97. The molecule has 1 saturated heterocycles. The van der Waals surface area contributed by atoms with Crippen LogP contribution < -0.4 is 10.6 Å². The van der Waals surface area contributed by atoms with Gasteiger partial charge in [0.25, 0.3) is 0 Å². The quantitative estimate of drug-likeness (QED) is 0.684. The van der Waals surface area contributed by atoms with E-state index in [4.69, 9.17) is 0 Å². The van der Waals surface area contributed by atoms with Crippen LogP contribution in [0.4, 0.5) is 0 Å². The first-order chi connectivity index (χ1) is 6.66. The Kier molecular flexibility index (Phi) is 2.77. The zero-order valence-corrected chi connectivity index (χ0v) is 9.05. The minimum atomic E-state index is 0.281. The van der Waals surface area contributed by atoms with E-state index in [9.17, 15) is 4.79 Å². The van der Waals surface area contributed by atoms with Gasteiger partial charge in [0.2, 0.25) is 5.91 Å². The van der Waals surface area contributed by atoms with Crippen LogP contribution in [-0.2, 0) is 4.79 Å². The van der Waals surface area contributed by atoms with E-state index in [2.05, 4.69) is 24.5 Å². The Morgan fingerprint density at radius 1 is 1.29 bits per heavy atom. The standard InChI is InChI=1S/C11H20N2O/c1-7-3-9(4-7)11(14)13-10-6-12-5-8(10)2/h7-10,12H,3-6H2,1-2H3,(H,13,14). The number of hydrogen-bond acceptors (Lipinski definition) is 2. The summed E-state index contributed by atoms with van der Waals surface area (Å²) < 4.78 is 0. The number of carbonyl (C=O) groups excluding carboxylic acids is 1. The van der Waals surface area contributed by atoms with Gasteiger partial charge in [0.15, 0.2) is 0 Å². The number of amides is 1. The second-order valence-electron chi connectivity index (χ2n) is 5.02. The maximum atomic E-state index is 11.7. The number of hydrogen-bond donors (Lipinski definition) is 2. The van der Waals surface area contributed by atoms with Crippen LogP contribution in [0, 0.1) is 17.8 Å². The molecule has 80 valence electrons. The fraction of sp³-hybridized carbons (Fsp3) is 0.909. The van der Waals surface area contributed by atoms with Gasteiger partial charge in [-0.05, 0) is 31.2 Å². The predicted molar refractivity (Wildman–Crippen MR) is 55.9 cm³/mol. The van der Waals surface area contributed by atoms with Gasteiger partial charge in [-0.25, -0.2) is 0 Å². The van der Waals surface area contributed by atoms with E-state index in [0.29, 0.717) is 17.9 Å². The molecular weight excluding hydrogens is 176 g/mol. The van der Waals surface area contributed by atoms with Crippen molar-refractivity contribution < 1.29 is 4.79 Å². The Morgan fingerprint density at radius 2 is 2.00 bits per heavy atom. The van der Waals surface area contributed by atoms with Crippen molar-refractivity contribution in [2.75, 3.05) is 13.1 Å². The molecule has 2 atom stereocenters. The third-order valence-corrected chi connectivity index (χ3v) is 3.59. The van der Waals surface area contributed by atoms with Crippen LogP contribution in [0.1, 0.15) is 26.7 Å². The molecule has 1 saturated carbocycles. The average Bonchev–Trinajstić information content (AvgIpc) is 2.46. The van der Waals surface area contributed by atoms with Gasteiger partial charge in [-0.2, -0.15) is 0 Å². The summed E-state index contributed by atoms with van der Waals surface area (Å²) in [7, 11) is 0. The number of carbonyl (C=O) groups is 1. The number of nitrogens with one attached hydrogen (secondary N) is 2.